The summed E-state index contributed by atoms with van der Waals surface area (Å²) in [5.74, 6) is -0.869. The number of benzene rings is 1. The number of hydrogen-bond donors (Lipinski definition) is 1. The number of nitrogens with zero attached hydrogens (tertiary/aromatic N) is 1. The number of ether oxygens (including phenoxy) is 1. The number of carbonyl (C=O) groups excluding carboxylic acids is 2. The topological polar surface area (TPSA) is 68.3 Å². The maximum Gasteiger partial charge on any atom is 0.334 e. The van der Waals surface area contributed by atoms with Crippen molar-refractivity contribution in [2.75, 3.05) is 7.11 Å². The van der Waals surface area contributed by atoms with Crippen LogP contribution in [0.2, 0.25) is 5.02 Å². The van der Waals surface area contributed by atoms with Gasteiger partial charge in [0, 0.05) is 11.2 Å². The van der Waals surface area contributed by atoms with Crippen LogP contribution in [0.25, 0.3) is 0 Å². The molecule has 1 aromatic carbocycles. The number of pyridine rings is 1. The molecule has 2 aromatic rings. The first-order chi connectivity index (χ1) is 10.6. The van der Waals surface area contributed by atoms with Gasteiger partial charge in [-0.25, -0.2) is 4.79 Å². The van der Waals surface area contributed by atoms with E-state index >= 15 is 0 Å². The molecule has 1 N–H and O–H groups in total. The molecular weight excluding hydrogens is 304 g/mol. The quantitative estimate of drug-likeness (QED) is 0.859. The maximum absolute atomic E-state index is 12.1. The molecule has 22 heavy (non-hydrogen) atoms. The molecular formula is C16H15ClN2O3. The first kappa shape index (κ1) is 16.0. The molecule has 0 unspecified atom stereocenters. The Bertz CT molecular complexity index is 644. The lowest BCUT2D eigenvalue weighted by Gasteiger charge is -2.16. The molecule has 5 nitrogen and oxygen atoms in total. The monoisotopic (exact) mass is 318 g/mol. The van der Waals surface area contributed by atoms with Gasteiger partial charge in [0.1, 0.15) is 0 Å². The van der Waals surface area contributed by atoms with E-state index in [0.29, 0.717) is 10.7 Å². The average molecular weight is 319 g/mol. The van der Waals surface area contributed by atoms with Crippen LogP contribution < -0.4 is 5.32 Å². The van der Waals surface area contributed by atoms with Gasteiger partial charge in [-0.05, 0) is 29.8 Å². The van der Waals surface area contributed by atoms with Crippen molar-refractivity contribution in [3.63, 3.8) is 0 Å². The molecule has 1 aromatic heterocycles. The lowest BCUT2D eigenvalue weighted by molar-refractivity contribution is -0.145. The summed E-state index contributed by atoms with van der Waals surface area (Å²) in [6.45, 7) is 0. The fraction of sp³-hybridized carbons (Fsp3) is 0.188. The lowest BCUT2D eigenvalue weighted by atomic mass is 10.1. The number of methoxy groups -OCH3 is 1. The molecule has 0 saturated heterocycles. The fourth-order valence-electron chi connectivity index (χ4n) is 1.92. The van der Waals surface area contributed by atoms with Gasteiger partial charge in [-0.15, -0.1) is 0 Å². The van der Waals surface area contributed by atoms with Crippen LogP contribution in [-0.4, -0.2) is 24.0 Å². The molecule has 0 aliphatic carbocycles. The predicted octanol–water partition coefficient (Wildman–Crippen LogP) is 2.31. The summed E-state index contributed by atoms with van der Waals surface area (Å²) in [5.41, 5.74) is 1.23. The zero-order chi connectivity index (χ0) is 15.9. The van der Waals surface area contributed by atoms with E-state index in [9.17, 15) is 9.59 Å². The van der Waals surface area contributed by atoms with E-state index in [0.717, 1.165) is 5.56 Å². The van der Waals surface area contributed by atoms with E-state index in [1.54, 1.807) is 48.7 Å². The second kappa shape index (κ2) is 7.56. The minimum atomic E-state index is -0.925. The number of nitrogens with one attached hydrogen (secondary N) is 1. The Hall–Kier alpha value is -2.40. The van der Waals surface area contributed by atoms with Crippen molar-refractivity contribution in [1.82, 2.24) is 10.3 Å². The van der Waals surface area contributed by atoms with Gasteiger partial charge in [-0.2, -0.15) is 0 Å². The third-order valence-electron chi connectivity index (χ3n) is 3.00. The number of carbonyl (C=O) groups is 2. The smallest absolute Gasteiger partial charge is 0.334 e. The number of rotatable bonds is 5. The molecule has 0 fully saturated rings. The molecule has 0 aliphatic heterocycles. The van der Waals surface area contributed by atoms with Gasteiger partial charge in [0.15, 0.2) is 6.04 Å². The van der Waals surface area contributed by atoms with E-state index in [-0.39, 0.29) is 12.3 Å². The Kier molecular flexibility index (Phi) is 5.49. The fourth-order valence-corrected chi connectivity index (χ4v) is 2.04. The summed E-state index contributed by atoms with van der Waals surface area (Å²) in [6, 6.07) is 11.1. The Morgan fingerprint density at radius 3 is 2.55 bits per heavy atom. The summed E-state index contributed by atoms with van der Waals surface area (Å²) < 4.78 is 4.72. The summed E-state index contributed by atoms with van der Waals surface area (Å²) in [5, 5.41) is 3.24. The van der Waals surface area contributed by atoms with Gasteiger partial charge in [-0.1, -0.05) is 29.8 Å². The molecule has 114 valence electrons. The molecule has 2 rings (SSSR count). The van der Waals surface area contributed by atoms with Crippen molar-refractivity contribution in [1.29, 1.82) is 0 Å². The highest BCUT2D eigenvalue weighted by Crippen LogP contribution is 2.13. The Morgan fingerprint density at radius 2 is 1.95 bits per heavy atom. The average Bonchev–Trinajstić information content (AvgIpc) is 2.55. The zero-order valence-electron chi connectivity index (χ0n) is 12.0. The standard InChI is InChI=1S/C16H15ClN2O3/c1-22-16(21)15(13-4-2-3-9-18-13)19-14(20)10-11-5-7-12(17)8-6-11/h2-9,15H,10H2,1H3,(H,19,20)/t15-/m1/s1. The van der Waals surface area contributed by atoms with Gasteiger partial charge >= 0.3 is 5.97 Å². The Balaban J connectivity index is 2.08. The van der Waals surface area contributed by atoms with E-state index < -0.39 is 12.0 Å². The summed E-state index contributed by atoms with van der Waals surface area (Å²) >= 11 is 5.80. The van der Waals surface area contributed by atoms with Crippen molar-refractivity contribution >= 4 is 23.5 Å². The van der Waals surface area contributed by atoms with E-state index in [1.807, 2.05) is 0 Å². The van der Waals surface area contributed by atoms with Crippen LogP contribution >= 0.6 is 11.6 Å². The molecule has 0 saturated carbocycles. The van der Waals surface area contributed by atoms with Gasteiger partial charge < -0.3 is 10.1 Å². The van der Waals surface area contributed by atoms with Crippen molar-refractivity contribution < 1.29 is 14.3 Å². The van der Waals surface area contributed by atoms with Crippen molar-refractivity contribution in [2.24, 2.45) is 0 Å². The molecule has 1 heterocycles. The highest BCUT2D eigenvalue weighted by atomic mass is 35.5. The molecule has 1 amide bonds. The molecule has 0 spiro atoms. The number of esters is 1. The highest BCUT2D eigenvalue weighted by Gasteiger charge is 2.24. The number of aromatic nitrogens is 1. The molecule has 0 aliphatic rings. The van der Waals surface area contributed by atoms with Crippen LogP contribution in [0.15, 0.2) is 48.7 Å². The minimum Gasteiger partial charge on any atom is -0.467 e. The van der Waals surface area contributed by atoms with Crippen LogP contribution in [0.3, 0.4) is 0 Å². The predicted molar refractivity (Wildman–Crippen MR) is 82.3 cm³/mol. The molecule has 0 radical (unpaired) electrons. The van der Waals surface area contributed by atoms with Crippen LogP contribution in [0, 0.1) is 0 Å². The Morgan fingerprint density at radius 1 is 1.23 bits per heavy atom. The first-order valence-corrected chi connectivity index (χ1v) is 7.00. The summed E-state index contributed by atoms with van der Waals surface area (Å²) in [4.78, 5) is 28.1. The third kappa shape index (κ3) is 4.30. The van der Waals surface area contributed by atoms with Crippen LogP contribution in [0.1, 0.15) is 17.3 Å². The van der Waals surface area contributed by atoms with Gasteiger partial charge in [0.25, 0.3) is 0 Å². The van der Waals surface area contributed by atoms with Crippen LogP contribution in [0.5, 0.6) is 0 Å². The molecule has 1 atom stereocenters. The number of amides is 1. The van der Waals surface area contributed by atoms with Crippen LogP contribution in [0.4, 0.5) is 0 Å². The van der Waals surface area contributed by atoms with Gasteiger partial charge in [-0.3, -0.25) is 9.78 Å². The number of halogens is 1. The van der Waals surface area contributed by atoms with E-state index in [2.05, 4.69) is 10.3 Å². The highest BCUT2D eigenvalue weighted by molar-refractivity contribution is 6.30. The summed E-state index contributed by atoms with van der Waals surface area (Å²) in [6.07, 6.45) is 1.69. The molecule has 0 bridgehead atoms. The lowest BCUT2D eigenvalue weighted by Crippen LogP contribution is -2.35. The number of hydrogen-bond acceptors (Lipinski definition) is 4. The minimum absolute atomic E-state index is 0.136. The largest absolute Gasteiger partial charge is 0.467 e. The van der Waals surface area contributed by atoms with E-state index in [4.69, 9.17) is 16.3 Å². The third-order valence-corrected chi connectivity index (χ3v) is 3.26. The maximum atomic E-state index is 12.1. The van der Waals surface area contributed by atoms with Crippen molar-refractivity contribution in [3.8, 4) is 0 Å². The van der Waals surface area contributed by atoms with Gasteiger partial charge in [0.05, 0.1) is 19.2 Å². The van der Waals surface area contributed by atoms with Crippen molar-refractivity contribution in [3.05, 3.63) is 64.9 Å². The SMILES string of the molecule is COC(=O)[C@H](NC(=O)Cc1ccc(Cl)cc1)c1ccccn1. The second-order valence-electron chi connectivity index (χ2n) is 4.58. The van der Waals surface area contributed by atoms with Crippen LogP contribution in [-0.2, 0) is 20.7 Å². The normalized spacial score (nSPS) is 11.5. The first-order valence-electron chi connectivity index (χ1n) is 6.62. The zero-order valence-corrected chi connectivity index (χ0v) is 12.7. The second-order valence-corrected chi connectivity index (χ2v) is 5.02. The summed E-state index contributed by atoms with van der Waals surface area (Å²) in [7, 11) is 1.27. The molecule has 6 heteroatoms. The Labute approximate surface area is 133 Å². The van der Waals surface area contributed by atoms with Crippen molar-refractivity contribution in [2.45, 2.75) is 12.5 Å². The van der Waals surface area contributed by atoms with Gasteiger partial charge in [0.2, 0.25) is 5.91 Å². The van der Waals surface area contributed by atoms with E-state index in [1.165, 1.54) is 7.11 Å².